The number of aromatic nitrogens is 1. The van der Waals surface area contributed by atoms with E-state index in [0.29, 0.717) is 0 Å². The number of ether oxygens (including phenoxy) is 1. The molecule has 0 spiro atoms. The molecule has 0 aliphatic rings. The number of aryl methyl sites for hydroxylation is 1. The predicted molar refractivity (Wildman–Crippen MR) is 82.0 cm³/mol. The highest BCUT2D eigenvalue weighted by Crippen LogP contribution is 2.23. The fourth-order valence-corrected chi connectivity index (χ4v) is 3.56. The number of carbonyl (C=O) groups is 1. The normalized spacial score (nSPS) is 14.3. The monoisotopic (exact) mass is 348 g/mol. The Morgan fingerprint density at radius 3 is 2.70 bits per heavy atom. The van der Waals surface area contributed by atoms with Gasteiger partial charge in [-0.05, 0) is 20.3 Å². The number of nitrogens with one attached hydrogen (secondary N) is 1. The van der Waals surface area contributed by atoms with Crippen LogP contribution in [-0.4, -0.2) is 42.8 Å². The van der Waals surface area contributed by atoms with E-state index in [4.69, 9.17) is 4.74 Å². The van der Waals surface area contributed by atoms with E-state index >= 15 is 0 Å². The molecular weight excluding hydrogens is 327 g/mol. The molecule has 7 nitrogen and oxygen atoms in total. The average Bonchev–Trinajstić information content (AvgIpc) is 2.74. The molecule has 2 N–H and O–H groups in total. The molecule has 0 saturated heterocycles. The van der Waals surface area contributed by atoms with E-state index in [1.165, 1.54) is 20.0 Å². The third-order valence-electron chi connectivity index (χ3n) is 3.17. The quantitative estimate of drug-likeness (QED) is 0.538. The van der Waals surface area contributed by atoms with E-state index < -0.39 is 44.5 Å². The number of carbonyl (C=O) groups excluding carboxylic acids is 1. The molecule has 1 aromatic heterocycles. The Morgan fingerprint density at radius 1 is 1.61 bits per heavy atom. The van der Waals surface area contributed by atoms with Gasteiger partial charge in [0, 0.05) is 13.2 Å². The smallest absolute Gasteiger partial charge is 0.358 e. The second-order valence-electron chi connectivity index (χ2n) is 5.30. The van der Waals surface area contributed by atoms with Gasteiger partial charge in [0.2, 0.25) is 10.0 Å². The first-order chi connectivity index (χ1) is 10.6. The van der Waals surface area contributed by atoms with Crippen LogP contribution in [0.3, 0.4) is 0 Å². The van der Waals surface area contributed by atoms with Crippen LogP contribution >= 0.6 is 0 Å². The lowest BCUT2D eigenvalue weighted by molar-refractivity contribution is 0.0509. The molecule has 0 bridgehead atoms. The molecule has 9 heteroatoms. The maximum absolute atomic E-state index is 14.4. The van der Waals surface area contributed by atoms with Crippen LogP contribution in [0.4, 0.5) is 4.39 Å². The van der Waals surface area contributed by atoms with Crippen molar-refractivity contribution in [3.05, 3.63) is 30.4 Å². The van der Waals surface area contributed by atoms with Crippen molar-refractivity contribution in [2.45, 2.75) is 30.7 Å². The number of hydrogen-bond acceptors (Lipinski definition) is 5. The summed E-state index contributed by atoms with van der Waals surface area (Å²) >= 11 is 0. The molecule has 1 atom stereocenters. The Hall–Kier alpha value is -1.71. The summed E-state index contributed by atoms with van der Waals surface area (Å²) in [5.74, 6) is -2.15. The van der Waals surface area contributed by atoms with Crippen molar-refractivity contribution in [1.29, 1.82) is 0 Å². The number of halogens is 1. The number of aliphatic hydroxyl groups excluding tert-OH is 1. The van der Waals surface area contributed by atoms with Crippen molar-refractivity contribution in [1.82, 2.24) is 9.29 Å². The maximum Gasteiger partial charge on any atom is 0.358 e. The Morgan fingerprint density at radius 2 is 2.22 bits per heavy atom. The second kappa shape index (κ2) is 7.24. The van der Waals surface area contributed by atoms with E-state index in [0.717, 1.165) is 10.8 Å². The molecule has 0 saturated carbocycles. The maximum atomic E-state index is 14.4. The third-order valence-corrected chi connectivity index (χ3v) is 4.80. The minimum atomic E-state index is -4.29. The minimum absolute atomic E-state index is 0.0334. The third kappa shape index (κ3) is 4.18. The zero-order valence-electron chi connectivity index (χ0n) is 13.3. The van der Waals surface area contributed by atoms with Crippen molar-refractivity contribution in [3.8, 4) is 0 Å². The molecule has 0 aliphatic heterocycles. The van der Waals surface area contributed by atoms with E-state index in [-0.39, 0.29) is 13.0 Å². The summed E-state index contributed by atoms with van der Waals surface area (Å²) in [5.41, 5.74) is -1.71. The Labute approximate surface area is 134 Å². The lowest BCUT2D eigenvalue weighted by Crippen LogP contribution is -2.48. The molecular formula is C14H21FN2O5S. The molecule has 0 fully saturated rings. The molecule has 130 valence electrons. The standard InChI is InChI=1S/C14H21FN2O5S/c1-5-7-14(3,9-18)16-23(20,21)10-8-17(4)12(11(10)15)13(19)22-6-2/h5,8,16,18H,1,6-7,9H2,2-4H3. The number of nitrogens with zero attached hydrogens (tertiary/aromatic N) is 1. The van der Waals surface area contributed by atoms with E-state index in [2.05, 4.69) is 11.3 Å². The van der Waals surface area contributed by atoms with Gasteiger partial charge in [-0.3, -0.25) is 0 Å². The first-order valence-electron chi connectivity index (χ1n) is 6.89. The molecule has 1 unspecified atom stereocenters. The van der Waals surface area contributed by atoms with Gasteiger partial charge >= 0.3 is 5.97 Å². The van der Waals surface area contributed by atoms with E-state index in [1.54, 1.807) is 6.92 Å². The van der Waals surface area contributed by atoms with Gasteiger partial charge in [-0.1, -0.05) is 6.08 Å². The number of rotatable bonds is 8. The largest absolute Gasteiger partial charge is 0.461 e. The van der Waals surface area contributed by atoms with Crippen LogP contribution in [0.15, 0.2) is 23.7 Å². The van der Waals surface area contributed by atoms with Gasteiger partial charge in [-0.2, -0.15) is 0 Å². The zero-order valence-corrected chi connectivity index (χ0v) is 14.1. The summed E-state index contributed by atoms with van der Waals surface area (Å²) in [6.45, 7) is 6.03. The lowest BCUT2D eigenvalue weighted by Gasteiger charge is -2.26. The van der Waals surface area contributed by atoms with Crippen LogP contribution in [0.1, 0.15) is 30.8 Å². The lowest BCUT2D eigenvalue weighted by atomic mass is 10.0. The van der Waals surface area contributed by atoms with Crippen LogP contribution in [-0.2, 0) is 21.8 Å². The number of hydrogen-bond donors (Lipinski definition) is 2. The van der Waals surface area contributed by atoms with Crippen molar-refractivity contribution in [2.75, 3.05) is 13.2 Å². The topological polar surface area (TPSA) is 97.6 Å². The molecule has 0 amide bonds. The first-order valence-corrected chi connectivity index (χ1v) is 8.38. The van der Waals surface area contributed by atoms with Crippen molar-refractivity contribution in [2.24, 2.45) is 7.05 Å². The summed E-state index contributed by atoms with van der Waals surface area (Å²) in [5, 5.41) is 9.37. The Kier molecular flexibility index (Phi) is 6.09. The number of aliphatic hydroxyl groups is 1. The number of esters is 1. The highest BCUT2D eigenvalue weighted by molar-refractivity contribution is 7.89. The summed E-state index contributed by atoms with van der Waals surface area (Å²) in [6.07, 6.45) is 2.56. The highest BCUT2D eigenvalue weighted by atomic mass is 32.2. The molecule has 0 radical (unpaired) electrons. The van der Waals surface area contributed by atoms with E-state index in [9.17, 15) is 22.7 Å². The molecule has 0 aromatic carbocycles. The van der Waals surface area contributed by atoms with Gasteiger partial charge in [0.25, 0.3) is 0 Å². The molecule has 0 aliphatic carbocycles. The molecule has 1 rings (SSSR count). The zero-order chi connectivity index (χ0) is 17.8. The van der Waals surface area contributed by atoms with E-state index in [1.807, 2.05) is 0 Å². The van der Waals surface area contributed by atoms with Gasteiger partial charge in [0.05, 0.1) is 18.8 Å². The SMILES string of the molecule is C=CCC(C)(CO)NS(=O)(=O)c1cn(C)c(C(=O)OCC)c1F. The van der Waals surface area contributed by atoms with Gasteiger partial charge in [0.1, 0.15) is 4.90 Å². The summed E-state index contributed by atoms with van der Waals surface area (Å²) in [6, 6.07) is 0. The fraction of sp³-hybridized carbons (Fsp3) is 0.500. The van der Waals surface area contributed by atoms with Gasteiger partial charge in [-0.15, -0.1) is 6.58 Å². The van der Waals surface area contributed by atoms with Crippen molar-refractivity contribution >= 4 is 16.0 Å². The average molecular weight is 348 g/mol. The number of sulfonamides is 1. The molecule has 1 aromatic rings. The fourth-order valence-electron chi connectivity index (χ4n) is 2.03. The van der Waals surface area contributed by atoms with Crippen LogP contribution in [0.5, 0.6) is 0 Å². The summed E-state index contributed by atoms with van der Waals surface area (Å²) < 4.78 is 47.2. The van der Waals surface area contributed by atoms with Gasteiger partial charge in [-0.25, -0.2) is 22.3 Å². The van der Waals surface area contributed by atoms with Crippen LogP contribution in [0.2, 0.25) is 0 Å². The summed E-state index contributed by atoms with van der Waals surface area (Å²) in [7, 11) is -2.96. The van der Waals surface area contributed by atoms with Crippen molar-refractivity contribution in [3.63, 3.8) is 0 Å². The van der Waals surface area contributed by atoms with Gasteiger partial charge < -0.3 is 14.4 Å². The van der Waals surface area contributed by atoms with Gasteiger partial charge in [0.15, 0.2) is 11.5 Å². The van der Waals surface area contributed by atoms with Crippen LogP contribution < -0.4 is 4.72 Å². The minimum Gasteiger partial charge on any atom is -0.461 e. The molecule has 23 heavy (non-hydrogen) atoms. The summed E-state index contributed by atoms with van der Waals surface area (Å²) in [4.78, 5) is 11.0. The second-order valence-corrected chi connectivity index (χ2v) is 6.96. The highest BCUT2D eigenvalue weighted by Gasteiger charge is 2.34. The Bertz CT molecular complexity index is 698. The van der Waals surface area contributed by atoms with Crippen LogP contribution in [0, 0.1) is 5.82 Å². The van der Waals surface area contributed by atoms with Crippen LogP contribution in [0.25, 0.3) is 0 Å². The first kappa shape index (κ1) is 19.3. The Balaban J connectivity index is 3.28. The predicted octanol–water partition coefficient (Wildman–Crippen LogP) is 0.946. The molecule has 1 heterocycles. The van der Waals surface area contributed by atoms with Crippen molar-refractivity contribution < 1.29 is 27.4 Å².